The molecule has 6 nitrogen and oxygen atoms in total. The summed E-state index contributed by atoms with van der Waals surface area (Å²) >= 11 is 0. The molecule has 0 aliphatic heterocycles. The van der Waals surface area contributed by atoms with Crippen LogP contribution < -0.4 is 5.73 Å². The molecular formula is C7H10N4O2. The number of nitrogens with two attached hydrogens (primary N) is 1. The van der Waals surface area contributed by atoms with Crippen LogP contribution in [-0.4, -0.2) is 26.0 Å². The Morgan fingerprint density at radius 2 is 2.46 bits per heavy atom. The van der Waals surface area contributed by atoms with Crippen LogP contribution in [0.3, 0.4) is 0 Å². The smallest absolute Gasteiger partial charge is 0.245 e. The van der Waals surface area contributed by atoms with Crippen LogP contribution in [0.4, 0.5) is 0 Å². The Balaban J connectivity index is 2.30. The molecule has 1 heterocycles. The fourth-order valence-corrected chi connectivity index (χ4v) is 1.29. The molecule has 1 aromatic heterocycles. The zero-order chi connectivity index (χ0) is 9.47. The van der Waals surface area contributed by atoms with Gasteiger partial charge >= 0.3 is 0 Å². The summed E-state index contributed by atoms with van der Waals surface area (Å²) < 4.78 is 1.45. The maximum absolute atomic E-state index is 11.1. The van der Waals surface area contributed by atoms with Crippen molar-refractivity contribution in [2.24, 2.45) is 5.73 Å². The number of aliphatic hydroxyl groups is 1. The Hall–Kier alpha value is -1.43. The highest BCUT2D eigenvalue weighted by Crippen LogP contribution is 2.42. The van der Waals surface area contributed by atoms with E-state index in [1.54, 1.807) is 6.20 Å². The van der Waals surface area contributed by atoms with Gasteiger partial charge in [0, 0.05) is 0 Å². The number of aliphatic hydroxyl groups excluding tert-OH is 1. The minimum atomic E-state index is -0.666. The maximum atomic E-state index is 11.1. The van der Waals surface area contributed by atoms with E-state index >= 15 is 0 Å². The molecular weight excluding hydrogens is 172 g/mol. The number of aromatic nitrogens is 3. The standard InChI is InChI=1S/C7H10N4O2/c8-6(13)7(1-2-7)11-3-5(4-12)9-10-11/h3,12H,1-2,4H2,(H2,8,13). The number of nitrogens with zero attached hydrogens (tertiary/aromatic N) is 3. The third-order valence-corrected chi connectivity index (χ3v) is 2.32. The fraction of sp³-hybridized carbons (Fsp3) is 0.571. The largest absolute Gasteiger partial charge is 0.390 e. The Morgan fingerprint density at radius 3 is 2.85 bits per heavy atom. The number of amides is 1. The van der Waals surface area contributed by atoms with Crippen molar-refractivity contribution in [1.82, 2.24) is 15.0 Å². The molecule has 2 rings (SSSR count). The van der Waals surface area contributed by atoms with Crippen LogP contribution in [0.25, 0.3) is 0 Å². The molecule has 1 aliphatic carbocycles. The number of carbonyl (C=O) groups is 1. The maximum Gasteiger partial charge on any atom is 0.245 e. The monoisotopic (exact) mass is 182 g/mol. The van der Waals surface area contributed by atoms with Crippen LogP contribution in [0, 0.1) is 0 Å². The van der Waals surface area contributed by atoms with Crippen molar-refractivity contribution in [2.75, 3.05) is 0 Å². The molecule has 0 unspecified atom stereocenters. The van der Waals surface area contributed by atoms with Crippen molar-refractivity contribution in [1.29, 1.82) is 0 Å². The van der Waals surface area contributed by atoms with Gasteiger partial charge in [0.25, 0.3) is 0 Å². The van der Waals surface area contributed by atoms with Crippen LogP contribution in [-0.2, 0) is 16.9 Å². The Bertz CT molecular complexity index is 342. The van der Waals surface area contributed by atoms with Gasteiger partial charge in [-0.15, -0.1) is 5.10 Å². The van der Waals surface area contributed by atoms with Crippen molar-refractivity contribution in [3.8, 4) is 0 Å². The topological polar surface area (TPSA) is 94.0 Å². The van der Waals surface area contributed by atoms with E-state index in [-0.39, 0.29) is 12.5 Å². The molecule has 1 saturated carbocycles. The lowest BCUT2D eigenvalue weighted by atomic mass is 10.2. The predicted octanol–water partition coefficient (Wildman–Crippen LogP) is -1.26. The summed E-state index contributed by atoms with van der Waals surface area (Å²) in [5.74, 6) is -0.387. The lowest BCUT2D eigenvalue weighted by molar-refractivity contribution is -0.122. The van der Waals surface area contributed by atoms with E-state index in [2.05, 4.69) is 10.3 Å². The van der Waals surface area contributed by atoms with Crippen molar-refractivity contribution in [2.45, 2.75) is 25.0 Å². The van der Waals surface area contributed by atoms with Crippen LogP contribution in [0.2, 0.25) is 0 Å². The number of primary amides is 1. The summed E-state index contributed by atoms with van der Waals surface area (Å²) in [6.45, 7) is -0.172. The van der Waals surface area contributed by atoms with Gasteiger partial charge in [-0.3, -0.25) is 4.79 Å². The van der Waals surface area contributed by atoms with Crippen molar-refractivity contribution < 1.29 is 9.90 Å². The second-order valence-corrected chi connectivity index (χ2v) is 3.21. The van der Waals surface area contributed by atoms with Gasteiger partial charge in [-0.2, -0.15) is 0 Å². The van der Waals surface area contributed by atoms with Crippen molar-refractivity contribution in [3.05, 3.63) is 11.9 Å². The fourth-order valence-electron chi connectivity index (χ4n) is 1.29. The normalized spacial score (nSPS) is 18.5. The molecule has 0 radical (unpaired) electrons. The quantitative estimate of drug-likeness (QED) is 0.610. The SMILES string of the molecule is NC(=O)C1(n2cc(CO)nn2)CC1. The Kier molecular flexibility index (Phi) is 1.59. The molecule has 1 aromatic rings. The van der Waals surface area contributed by atoms with Crippen LogP contribution in [0.1, 0.15) is 18.5 Å². The van der Waals surface area contributed by atoms with Crippen molar-refractivity contribution >= 4 is 5.91 Å². The van der Waals surface area contributed by atoms with E-state index in [9.17, 15) is 4.79 Å². The van der Waals surface area contributed by atoms with E-state index in [1.807, 2.05) is 0 Å². The first-order valence-corrected chi connectivity index (χ1v) is 4.01. The molecule has 0 saturated heterocycles. The van der Waals surface area contributed by atoms with E-state index in [1.165, 1.54) is 4.68 Å². The molecule has 13 heavy (non-hydrogen) atoms. The highest BCUT2D eigenvalue weighted by molar-refractivity contribution is 5.85. The van der Waals surface area contributed by atoms with Gasteiger partial charge in [-0.1, -0.05) is 5.21 Å². The number of carbonyl (C=O) groups excluding carboxylic acids is 1. The summed E-state index contributed by atoms with van der Waals surface area (Å²) in [6.07, 6.45) is 2.96. The van der Waals surface area contributed by atoms with Gasteiger partial charge in [0.05, 0.1) is 12.8 Å². The summed E-state index contributed by atoms with van der Waals surface area (Å²) in [5, 5.41) is 16.2. The van der Waals surface area contributed by atoms with Crippen molar-refractivity contribution in [3.63, 3.8) is 0 Å². The summed E-state index contributed by atoms with van der Waals surface area (Å²) in [6, 6.07) is 0. The Morgan fingerprint density at radius 1 is 1.77 bits per heavy atom. The first-order valence-electron chi connectivity index (χ1n) is 4.01. The summed E-state index contributed by atoms with van der Waals surface area (Å²) in [4.78, 5) is 11.1. The highest BCUT2D eigenvalue weighted by atomic mass is 16.3. The van der Waals surface area contributed by atoms with Gasteiger partial charge in [0.1, 0.15) is 11.2 Å². The van der Waals surface area contributed by atoms with E-state index in [0.717, 1.165) is 0 Å². The molecule has 0 atom stereocenters. The molecule has 0 aromatic carbocycles. The summed E-state index contributed by atoms with van der Waals surface area (Å²) in [7, 11) is 0. The van der Waals surface area contributed by atoms with E-state index in [0.29, 0.717) is 18.5 Å². The number of hydrogen-bond acceptors (Lipinski definition) is 4. The summed E-state index contributed by atoms with van der Waals surface area (Å²) in [5.41, 5.74) is 5.01. The molecule has 0 spiro atoms. The van der Waals surface area contributed by atoms with E-state index < -0.39 is 5.54 Å². The van der Waals surface area contributed by atoms with Crippen LogP contribution in [0.5, 0.6) is 0 Å². The molecule has 0 bridgehead atoms. The molecule has 70 valence electrons. The molecule has 6 heteroatoms. The van der Waals surface area contributed by atoms with Gasteiger partial charge in [0.15, 0.2) is 0 Å². The van der Waals surface area contributed by atoms with Gasteiger partial charge in [-0.25, -0.2) is 4.68 Å². The van der Waals surface area contributed by atoms with Crippen LogP contribution >= 0.6 is 0 Å². The zero-order valence-corrected chi connectivity index (χ0v) is 6.97. The second kappa shape index (κ2) is 2.53. The van der Waals surface area contributed by atoms with E-state index in [4.69, 9.17) is 10.8 Å². The molecule has 1 aliphatic rings. The average molecular weight is 182 g/mol. The number of hydrogen-bond donors (Lipinski definition) is 2. The minimum absolute atomic E-state index is 0.172. The lowest BCUT2D eigenvalue weighted by Gasteiger charge is -2.08. The van der Waals surface area contributed by atoms with Gasteiger partial charge in [-0.05, 0) is 12.8 Å². The van der Waals surface area contributed by atoms with Gasteiger partial charge in [0.2, 0.25) is 5.91 Å². The predicted molar refractivity (Wildman–Crippen MR) is 42.3 cm³/mol. The second-order valence-electron chi connectivity index (χ2n) is 3.21. The third-order valence-electron chi connectivity index (χ3n) is 2.32. The first kappa shape index (κ1) is 8.18. The average Bonchev–Trinajstić information content (AvgIpc) is 2.79. The zero-order valence-electron chi connectivity index (χ0n) is 6.97. The van der Waals surface area contributed by atoms with Crippen LogP contribution in [0.15, 0.2) is 6.20 Å². The highest BCUT2D eigenvalue weighted by Gasteiger charge is 2.51. The molecule has 1 amide bonds. The minimum Gasteiger partial charge on any atom is -0.390 e. The third kappa shape index (κ3) is 1.10. The first-order chi connectivity index (χ1) is 6.19. The van der Waals surface area contributed by atoms with Gasteiger partial charge < -0.3 is 10.8 Å². The number of rotatable bonds is 3. The molecule has 3 N–H and O–H groups in total. The molecule has 1 fully saturated rings. The Labute approximate surface area is 74.3 Å². The lowest BCUT2D eigenvalue weighted by Crippen LogP contribution is -2.34.